The van der Waals surface area contributed by atoms with Crippen LogP contribution in [0.15, 0.2) is 19.8 Å². The molecule has 3 amide bonds. The lowest BCUT2D eigenvalue weighted by molar-refractivity contribution is -0.151. The summed E-state index contributed by atoms with van der Waals surface area (Å²) in [7, 11) is 4.56. The van der Waals surface area contributed by atoms with Crippen LogP contribution in [0.1, 0.15) is 52.6 Å². The Labute approximate surface area is 235 Å². The van der Waals surface area contributed by atoms with E-state index in [0.717, 1.165) is 6.42 Å². The first-order valence-corrected chi connectivity index (χ1v) is 13.6. The first-order chi connectivity index (χ1) is 17.8. The topological polar surface area (TPSA) is 125 Å². The monoisotopic (exact) mass is 655 g/mol. The van der Waals surface area contributed by atoms with Gasteiger partial charge in [-0.05, 0) is 43.7 Å². The number of hydrogen-bond acceptors (Lipinski definition) is 6. The molecular weight excluding hydrogens is 629 g/mol. The van der Waals surface area contributed by atoms with Gasteiger partial charge in [-0.1, -0.05) is 31.9 Å². The van der Waals surface area contributed by atoms with Crippen molar-refractivity contribution >= 4 is 49.6 Å². The minimum atomic E-state index is -0.772. The average Bonchev–Trinajstić information content (AvgIpc) is 3.15. The maximum absolute atomic E-state index is 14.0. The van der Waals surface area contributed by atoms with E-state index < -0.39 is 52.5 Å². The third kappa shape index (κ3) is 4.97. The fourth-order valence-corrected chi connectivity index (χ4v) is 6.56. The Morgan fingerprint density at radius 1 is 1.21 bits per heavy atom. The van der Waals surface area contributed by atoms with Crippen LogP contribution in [-0.2, 0) is 22.7 Å². The van der Waals surface area contributed by atoms with Gasteiger partial charge in [-0.25, -0.2) is 9.37 Å². The average molecular weight is 657 g/mol. The van der Waals surface area contributed by atoms with E-state index in [4.69, 9.17) is 0 Å². The molecule has 5 rings (SSSR count). The molecule has 3 aliphatic rings. The number of likely N-dealkylation sites (N-methyl/N-ethyl adjacent to an activating group) is 2. The molecule has 10 nitrogen and oxygen atoms in total. The van der Waals surface area contributed by atoms with Crippen LogP contribution in [0.2, 0.25) is 0 Å². The van der Waals surface area contributed by atoms with Gasteiger partial charge < -0.3 is 20.2 Å². The molecule has 0 saturated heterocycles. The second kappa shape index (κ2) is 10.8. The maximum atomic E-state index is 14.0. The zero-order valence-electron chi connectivity index (χ0n) is 21.3. The number of amides is 3. The number of nitrogens with zero attached hydrogens (tertiary/aromatic N) is 4. The van der Waals surface area contributed by atoms with Crippen molar-refractivity contribution in [3.63, 3.8) is 0 Å². The fourth-order valence-electron chi connectivity index (χ4n) is 5.21. The van der Waals surface area contributed by atoms with Crippen LogP contribution < -0.4 is 10.9 Å². The van der Waals surface area contributed by atoms with Gasteiger partial charge in [-0.2, -0.15) is 0 Å². The van der Waals surface area contributed by atoms with E-state index in [1.807, 2.05) is 0 Å². The largest absolute Gasteiger partial charge is 0.501 e. The molecule has 1 saturated carbocycles. The van der Waals surface area contributed by atoms with Gasteiger partial charge in [0.1, 0.15) is 11.6 Å². The number of aromatic nitrogens is 2. The summed E-state index contributed by atoms with van der Waals surface area (Å²) in [5, 5.41) is 13.3. The van der Waals surface area contributed by atoms with Gasteiger partial charge in [0.2, 0.25) is 5.75 Å². The van der Waals surface area contributed by atoms with Gasteiger partial charge in [0.15, 0.2) is 5.69 Å². The Balaban J connectivity index is 1.67. The van der Waals surface area contributed by atoms with Crippen LogP contribution in [0.3, 0.4) is 0 Å². The highest BCUT2D eigenvalue weighted by Gasteiger charge is 2.43. The molecule has 2 aliphatic heterocycles. The highest BCUT2D eigenvalue weighted by molar-refractivity contribution is 9.11. The van der Waals surface area contributed by atoms with Crippen LogP contribution in [-0.4, -0.2) is 69.4 Å². The molecule has 1 fully saturated rings. The second-order valence-electron chi connectivity index (χ2n) is 9.99. The number of hydrogen-bond donors (Lipinski definition) is 2. The molecule has 3 atom stereocenters. The highest BCUT2D eigenvalue weighted by atomic mass is 79.9. The van der Waals surface area contributed by atoms with E-state index >= 15 is 0 Å². The lowest BCUT2D eigenvalue weighted by Crippen LogP contribution is -2.49. The number of nitrogens with one attached hydrogen (secondary N) is 1. The highest BCUT2D eigenvalue weighted by Crippen LogP contribution is 2.42. The first-order valence-electron chi connectivity index (χ1n) is 12.1. The minimum absolute atomic E-state index is 0.0291. The summed E-state index contributed by atoms with van der Waals surface area (Å²) in [5.41, 5.74) is -0.201. The SMILES string of the molecule is Cc1c(F)cc(Br)c(CNC(=O)c2nc3n(c(=O)c2O)CC2CCC3C(N(C)C(=O)C(=O)N(C)C)C2)c1Br. The van der Waals surface area contributed by atoms with Crippen molar-refractivity contribution in [1.82, 2.24) is 24.7 Å². The number of rotatable bonds is 4. The predicted molar refractivity (Wildman–Crippen MR) is 143 cm³/mol. The number of aromatic hydroxyl groups is 1. The van der Waals surface area contributed by atoms with Crippen molar-refractivity contribution in [1.29, 1.82) is 0 Å². The third-order valence-corrected chi connectivity index (χ3v) is 9.20. The molecule has 2 aromatic rings. The zero-order chi connectivity index (χ0) is 28.0. The van der Waals surface area contributed by atoms with Crippen molar-refractivity contribution in [3.8, 4) is 5.75 Å². The molecule has 1 aliphatic carbocycles. The molecule has 1 aromatic carbocycles. The van der Waals surface area contributed by atoms with Gasteiger partial charge >= 0.3 is 11.8 Å². The molecule has 1 aromatic heterocycles. The summed E-state index contributed by atoms with van der Waals surface area (Å²) in [5.74, 6) is -3.33. The normalized spacial score (nSPS) is 19.9. The molecule has 3 heterocycles. The van der Waals surface area contributed by atoms with Crippen LogP contribution in [0.5, 0.6) is 5.75 Å². The third-order valence-electron chi connectivity index (χ3n) is 7.41. The summed E-state index contributed by atoms with van der Waals surface area (Å²) < 4.78 is 16.3. The quantitative estimate of drug-likeness (QED) is 0.488. The smallest absolute Gasteiger partial charge is 0.312 e. The molecule has 0 spiro atoms. The predicted octanol–water partition coefficient (Wildman–Crippen LogP) is 2.66. The van der Waals surface area contributed by atoms with Gasteiger partial charge in [0.05, 0.1) is 0 Å². The Hall–Kier alpha value is -2.80. The van der Waals surface area contributed by atoms with Gasteiger partial charge in [0, 0.05) is 60.7 Å². The number of benzene rings is 1. The standard InChI is InChI=1S/C25H28Br2FN5O5/c1-11-16(28)8-15(26)14(18(11)27)9-29-22(35)19-20(34)23(36)33-10-12-5-6-13(21(33)30-19)17(7-12)32(4)25(38)24(37)31(2)3/h8,12-13,17,34H,5-7,9-10H2,1-4H3,(H,29,35). The molecule has 0 radical (unpaired) electrons. The summed E-state index contributed by atoms with van der Waals surface area (Å²) in [6, 6.07) is 0.891. The fraction of sp³-hybridized carbons (Fsp3) is 0.480. The Kier molecular flexibility index (Phi) is 7.99. The molecule has 13 heteroatoms. The molecular formula is C25H28Br2FN5O5. The number of halogens is 3. The minimum Gasteiger partial charge on any atom is -0.501 e. The van der Waals surface area contributed by atoms with Crippen LogP contribution in [0, 0.1) is 18.7 Å². The van der Waals surface area contributed by atoms with Crippen LogP contribution >= 0.6 is 31.9 Å². The number of carbonyl (C=O) groups is 3. The Morgan fingerprint density at radius 3 is 2.55 bits per heavy atom. The molecule has 204 valence electrons. The van der Waals surface area contributed by atoms with E-state index in [1.54, 1.807) is 14.0 Å². The Bertz CT molecular complexity index is 1400. The van der Waals surface area contributed by atoms with E-state index in [-0.39, 0.29) is 12.5 Å². The van der Waals surface area contributed by atoms with E-state index in [9.17, 15) is 28.7 Å². The van der Waals surface area contributed by atoms with Crippen molar-refractivity contribution < 1.29 is 23.9 Å². The van der Waals surface area contributed by atoms with Gasteiger partial charge in [0.25, 0.3) is 11.5 Å². The van der Waals surface area contributed by atoms with Crippen molar-refractivity contribution in [3.05, 3.63) is 53.8 Å². The summed E-state index contributed by atoms with van der Waals surface area (Å²) in [6.07, 6.45) is 1.95. The molecule has 3 unspecified atom stereocenters. The zero-order valence-corrected chi connectivity index (χ0v) is 24.5. The maximum Gasteiger partial charge on any atom is 0.312 e. The van der Waals surface area contributed by atoms with Crippen molar-refractivity contribution in [2.75, 3.05) is 21.1 Å². The summed E-state index contributed by atoms with van der Waals surface area (Å²) in [4.78, 5) is 58.5. The van der Waals surface area contributed by atoms with Gasteiger partial charge in [-0.15, -0.1) is 0 Å². The lowest BCUT2D eigenvalue weighted by Gasteiger charge is -2.38. The van der Waals surface area contributed by atoms with Crippen LogP contribution in [0.25, 0.3) is 0 Å². The van der Waals surface area contributed by atoms with Gasteiger partial charge in [-0.3, -0.25) is 23.7 Å². The Morgan fingerprint density at radius 2 is 1.89 bits per heavy atom. The second-order valence-corrected chi connectivity index (χ2v) is 11.6. The van der Waals surface area contributed by atoms with Crippen molar-refractivity contribution in [2.24, 2.45) is 5.92 Å². The van der Waals surface area contributed by atoms with E-state index in [1.165, 1.54) is 34.5 Å². The number of carbonyl (C=O) groups excluding carboxylic acids is 3. The summed E-state index contributed by atoms with van der Waals surface area (Å²) in [6.45, 7) is 1.86. The first kappa shape index (κ1) is 28.2. The molecule has 2 N–H and O–H groups in total. The summed E-state index contributed by atoms with van der Waals surface area (Å²) >= 11 is 6.64. The number of fused-ring (bicyclic) bond motifs is 2. The van der Waals surface area contributed by atoms with E-state index in [0.29, 0.717) is 45.3 Å². The van der Waals surface area contributed by atoms with E-state index in [2.05, 4.69) is 42.2 Å². The van der Waals surface area contributed by atoms with Crippen LogP contribution in [0.4, 0.5) is 4.39 Å². The molecule has 38 heavy (non-hydrogen) atoms. The van der Waals surface area contributed by atoms with Crippen molar-refractivity contribution in [2.45, 2.75) is 51.2 Å². The lowest BCUT2D eigenvalue weighted by atomic mass is 9.78. The molecule has 2 bridgehead atoms.